The Balaban J connectivity index is 1.87. The second-order valence-electron chi connectivity index (χ2n) is 4.67. The molecule has 20 heavy (non-hydrogen) atoms. The summed E-state index contributed by atoms with van der Waals surface area (Å²) in [6, 6.07) is 11.9. The molecule has 0 aliphatic heterocycles. The van der Waals surface area contributed by atoms with Gasteiger partial charge < -0.3 is 14.6 Å². The summed E-state index contributed by atoms with van der Waals surface area (Å²) < 4.78 is 7.14. The van der Waals surface area contributed by atoms with Crippen LogP contribution in [0.1, 0.15) is 16.7 Å². The average molecular weight is 269 g/mol. The fraction of sp³-hybridized carbons (Fsp3) is 0.312. The van der Waals surface area contributed by atoms with Crippen LogP contribution in [0.4, 0.5) is 0 Å². The van der Waals surface area contributed by atoms with E-state index in [4.69, 9.17) is 10.00 Å². The van der Waals surface area contributed by atoms with Crippen LogP contribution < -0.4 is 5.32 Å². The maximum atomic E-state index is 8.77. The van der Waals surface area contributed by atoms with E-state index >= 15 is 0 Å². The lowest BCUT2D eigenvalue weighted by Crippen LogP contribution is -2.18. The molecule has 2 aromatic rings. The molecule has 0 radical (unpaired) electrons. The molecule has 2 rings (SSSR count). The molecule has 1 heterocycles. The number of hydrogen-bond donors (Lipinski definition) is 1. The van der Waals surface area contributed by atoms with Crippen LogP contribution in [0.3, 0.4) is 0 Å². The van der Waals surface area contributed by atoms with Gasteiger partial charge in [-0.2, -0.15) is 5.26 Å². The topological polar surface area (TPSA) is 50.0 Å². The average Bonchev–Trinajstić information content (AvgIpc) is 2.92. The SMILES string of the molecule is COCCNCc1ccn(Cc2ccc(C#N)cc2)c1. The van der Waals surface area contributed by atoms with Crippen molar-refractivity contribution in [3.05, 3.63) is 59.4 Å². The summed E-state index contributed by atoms with van der Waals surface area (Å²) in [5.74, 6) is 0. The van der Waals surface area contributed by atoms with Crippen LogP contribution in [0.5, 0.6) is 0 Å². The van der Waals surface area contributed by atoms with Crippen molar-refractivity contribution < 1.29 is 4.74 Å². The number of aromatic nitrogens is 1. The molecule has 1 aromatic heterocycles. The maximum Gasteiger partial charge on any atom is 0.0991 e. The monoisotopic (exact) mass is 269 g/mol. The van der Waals surface area contributed by atoms with Gasteiger partial charge in [-0.15, -0.1) is 0 Å². The van der Waals surface area contributed by atoms with Gasteiger partial charge in [-0.1, -0.05) is 12.1 Å². The molecular formula is C16H19N3O. The van der Waals surface area contributed by atoms with Gasteiger partial charge in [-0.3, -0.25) is 0 Å². The third-order valence-corrected chi connectivity index (χ3v) is 3.07. The first-order valence-corrected chi connectivity index (χ1v) is 6.65. The molecule has 0 unspecified atom stereocenters. The van der Waals surface area contributed by atoms with E-state index in [0.29, 0.717) is 5.56 Å². The van der Waals surface area contributed by atoms with E-state index in [-0.39, 0.29) is 0 Å². The second-order valence-corrected chi connectivity index (χ2v) is 4.67. The Morgan fingerprint density at radius 2 is 2.00 bits per heavy atom. The van der Waals surface area contributed by atoms with Gasteiger partial charge >= 0.3 is 0 Å². The number of nitrogens with zero attached hydrogens (tertiary/aromatic N) is 2. The van der Waals surface area contributed by atoms with E-state index in [1.54, 1.807) is 7.11 Å². The fourth-order valence-corrected chi connectivity index (χ4v) is 2.00. The number of rotatable bonds is 7. The van der Waals surface area contributed by atoms with Crippen LogP contribution >= 0.6 is 0 Å². The van der Waals surface area contributed by atoms with Crippen molar-refractivity contribution in [1.29, 1.82) is 5.26 Å². The van der Waals surface area contributed by atoms with Gasteiger partial charge in [0, 0.05) is 39.1 Å². The van der Waals surface area contributed by atoms with Gasteiger partial charge in [-0.25, -0.2) is 0 Å². The minimum absolute atomic E-state index is 0.698. The van der Waals surface area contributed by atoms with E-state index in [0.717, 1.165) is 26.2 Å². The number of nitriles is 1. The molecule has 0 aliphatic rings. The summed E-state index contributed by atoms with van der Waals surface area (Å²) in [4.78, 5) is 0. The zero-order valence-electron chi connectivity index (χ0n) is 11.7. The van der Waals surface area contributed by atoms with E-state index in [9.17, 15) is 0 Å². The van der Waals surface area contributed by atoms with Gasteiger partial charge in [0.2, 0.25) is 0 Å². The zero-order valence-corrected chi connectivity index (χ0v) is 11.7. The summed E-state index contributed by atoms with van der Waals surface area (Å²) in [6.45, 7) is 3.26. The maximum absolute atomic E-state index is 8.77. The van der Waals surface area contributed by atoms with Crippen molar-refractivity contribution in [1.82, 2.24) is 9.88 Å². The van der Waals surface area contributed by atoms with Crippen molar-refractivity contribution in [2.45, 2.75) is 13.1 Å². The van der Waals surface area contributed by atoms with Gasteiger partial charge in [0.05, 0.1) is 18.2 Å². The Labute approximate surface area is 119 Å². The predicted molar refractivity (Wildman–Crippen MR) is 78.3 cm³/mol. The van der Waals surface area contributed by atoms with Crippen LogP contribution in [0.15, 0.2) is 42.7 Å². The quantitative estimate of drug-likeness (QED) is 0.783. The Hall–Kier alpha value is -2.09. The van der Waals surface area contributed by atoms with Gasteiger partial charge in [0.1, 0.15) is 0 Å². The third kappa shape index (κ3) is 4.23. The summed E-state index contributed by atoms with van der Waals surface area (Å²) >= 11 is 0. The molecule has 0 aliphatic carbocycles. The van der Waals surface area contributed by atoms with E-state index in [1.165, 1.54) is 11.1 Å². The highest BCUT2D eigenvalue weighted by Gasteiger charge is 1.99. The van der Waals surface area contributed by atoms with Crippen LogP contribution in [0, 0.1) is 11.3 Å². The Morgan fingerprint density at radius 3 is 2.70 bits per heavy atom. The fourth-order valence-electron chi connectivity index (χ4n) is 2.00. The highest BCUT2D eigenvalue weighted by molar-refractivity contribution is 5.31. The van der Waals surface area contributed by atoms with Crippen LogP contribution in [-0.4, -0.2) is 24.8 Å². The molecular weight excluding hydrogens is 250 g/mol. The Kier molecular flexibility index (Phi) is 5.36. The highest BCUT2D eigenvalue weighted by atomic mass is 16.5. The van der Waals surface area contributed by atoms with Crippen molar-refractivity contribution in [2.75, 3.05) is 20.3 Å². The highest BCUT2D eigenvalue weighted by Crippen LogP contribution is 2.08. The third-order valence-electron chi connectivity index (χ3n) is 3.07. The lowest BCUT2D eigenvalue weighted by molar-refractivity contribution is 0.199. The number of hydrogen-bond acceptors (Lipinski definition) is 3. The Bertz CT molecular complexity index is 566. The van der Waals surface area contributed by atoms with E-state index in [2.05, 4.69) is 34.4 Å². The second kappa shape index (κ2) is 7.49. The summed E-state index contributed by atoms with van der Waals surface area (Å²) in [5.41, 5.74) is 3.15. The molecule has 1 N–H and O–H groups in total. The number of methoxy groups -OCH3 is 1. The minimum atomic E-state index is 0.698. The lowest BCUT2D eigenvalue weighted by atomic mass is 10.1. The molecule has 0 saturated heterocycles. The first-order chi connectivity index (χ1) is 9.81. The van der Waals surface area contributed by atoms with Crippen molar-refractivity contribution in [2.24, 2.45) is 0 Å². The van der Waals surface area contributed by atoms with Crippen molar-refractivity contribution >= 4 is 0 Å². The molecule has 1 aromatic carbocycles. The first kappa shape index (κ1) is 14.3. The van der Waals surface area contributed by atoms with Crippen LogP contribution in [0.25, 0.3) is 0 Å². The van der Waals surface area contributed by atoms with E-state index < -0.39 is 0 Å². The summed E-state index contributed by atoms with van der Waals surface area (Å²) in [6.07, 6.45) is 4.21. The molecule has 4 heteroatoms. The molecule has 4 nitrogen and oxygen atoms in total. The minimum Gasteiger partial charge on any atom is -0.383 e. The van der Waals surface area contributed by atoms with Crippen LogP contribution in [0.2, 0.25) is 0 Å². The number of ether oxygens (including phenoxy) is 1. The molecule has 0 spiro atoms. The summed E-state index contributed by atoms with van der Waals surface area (Å²) in [7, 11) is 1.70. The smallest absolute Gasteiger partial charge is 0.0991 e. The standard InChI is InChI=1S/C16H19N3O/c1-20-9-7-18-11-16-6-8-19(13-16)12-15-4-2-14(10-17)3-5-15/h2-6,8,13,18H,7,9,11-12H2,1H3. The lowest BCUT2D eigenvalue weighted by Gasteiger charge is -2.04. The number of nitrogens with one attached hydrogen (secondary N) is 1. The molecule has 0 saturated carbocycles. The largest absolute Gasteiger partial charge is 0.383 e. The first-order valence-electron chi connectivity index (χ1n) is 6.65. The predicted octanol–water partition coefficient (Wildman–Crippen LogP) is 2.14. The molecule has 0 atom stereocenters. The normalized spacial score (nSPS) is 10.4. The van der Waals surface area contributed by atoms with Crippen LogP contribution in [-0.2, 0) is 17.8 Å². The number of benzene rings is 1. The van der Waals surface area contributed by atoms with Gasteiger partial charge in [-0.05, 0) is 29.3 Å². The Morgan fingerprint density at radius 1 is 1.20 bits per heavy atom. The molecule has 0 bridgehead atoms. The summed E-state index contributed by atoms with van der Waals surface area (Å²) in [5, 5.41) is 12.1. The molecule has 0 amide bonds. The van der Waals surface area contributed by atoms with Gasteiger partial charge in [0.25, 0.3) is 0 Å². The zero-order chi connectivity index (χ0) is 14.2. The molecule has 104 valence electrons. The van der Waals surface area contributed by atoms with Gasteiger partial charge in [0.15, 0.2) is 0 Å². The van der Waals surface area contributed by atoms with Crippen molar-refractivity contribution in [3.63, 3.8) is 0 Å². The van der Waals surface area contributed by atoms with Crippen molar-refractivity contribution in [3.8, 4) is 6.07 Å². The molecule has 0 fully saturated rings. The van der Waals surface area contributed by atoms with E-state index in [1.807, 2.05) is 24.3 Å².